The van der Waals surface area contributed by atoms with Crippen LogP contribution in [0.4, 0.5) is 0 Å². The molecule has 1 aliphatic rings. The van der Waals surface area contributed by atoms with Crippen LogP contribution in [0.2, 0.25) is 0 Å². The van der Waals surface area contributed by atoms with E-state index in [-0.39, 0.29) is 29.0 Å². The molecule has 2 rings (SSSR count). The summed E-state index contributed by atoms with van der Waals surface area (Å²) in [4.78, 5) is 27.1. The first-order valence-electron chi connectivity index (χ1n) is 8.17. The molecule has 9 heteroatoms. The van der Waals surface area contributed by atoms with Gasteiger partial charge in [-0.15, -0.1) is 0 Å². The summed E-state index contributed by atoms with van der Waals surface area (Å²) in [6.45, 7) is 4.46. The number of aromatic carboxylic acids is 1. The van der Waals surface area contributed by atoms with Gasteiger partial charge >= 0.3 is 5.97 Å². The maximum absolute atomic E-state index is 12.2. The van der Waals surface area contributed by atoms with Crippen LogP contribution in [0.15, 0.2) is 18.3 Å². The van der Waals surface area contributed by atoms with Crippen LogP contribution in [0.5, 0.6) is 0 Å². The van der Waals surface area contributed by atoms with E-state index < -0.39 is 21.9 Å². The Morgan fingerprint density at radius 1 is 1.36 bits per heavy atom. The van der Waals surface area contributed by atoms with Gasteiger partial charge in [-0.3, -0.25) is 9.78 Å². The minimum absolute atomic E-state index is 0.00486. The molecule has 8 nitrogen and oxygen atoms in total. The van der Waals surface area contributed by atoms with Gasteiger partial charge in [-0.05, 0) is 30.9 Å². The third-order valence-corrected chi connectivity index (χ3v) is 6.21. The van der Waals surface area contributed by atoms with E-state index >= 15 is 0 Å². The zero-order chi connectivity index (χ0) is 18.6. The Bertz CT molecular complexity index is 740. The van der Waals surface area contributed by atoms with E-state index in [4.69, 9.17) is 5.11 Å². The number of carboxylic acids is 1. The molecule has 0 aromatic carbocycles. The number of amides is 1. The molecule has 0 spiro atoms. The fraction of sp³-hybridized carbons (Fsp3) is 0.562. The third-order valence-electron chi connectivity index (χ3n) is 3.97. The molecular formula is C16H23N3O5S. The van der Waals surface area contributed by atoms with Crippen LogP contribution in [0.25, 0.3) is 0 Å². The zero-order valence-electron chi connectivity index (χ0n) is 14.3. The standard InChI is InChI=1S/C16H23N3O5S/c1-11(2)10-25(23,24)19-7-4-13(5-8-19)18-15(20)14-9-12(16(21)22)3-6-17-14/h3,6,9,11,13H,4-5,7-8,10H2,1-2H3,(H,18,20)(H,21,22). The first kappa shape index (κ1) is 19.3. The highest BCUT2D eigenvalue weighted by atomic mass is 32.2. The smallest absolute Gasteiger partial charge is 0.335 e. The molecule has 0 saturated carbocycles. The maximum Gasteiger partial charge on any atom is 0.335 e. The highest BCUT2D eigenvalue weighted by Gasteiger charge is 2.29. The Hall–Kier alpha value is -2.00. The summed E-state index contributed by atoms with van der Waals surface area (Å²) in [6.07, 6.45) is 2.31. The summed E-state index contributed by atoms with van der Waals surface area (Å²) < 4.78 is 25.9. The van der Waals surface area contributed by atoms with Crippen LogP contribution >= 0.6 is 0 Å². The number of rotatable bonds is 6. The summed E-state index contributed by atoms with van der Waals surface area (Å²) in [5.74, 6) is -1.39. The predicted octanol–water partition coefficient (Wildman–Crippen LogP) is 0.960. The van der Waals surface area contributed by atoms with E-state index in [1.54, 1.807) is 0 Å². The largest absolute Gasteiger partial charge is 0.478 e. The van der Waals surface area contributed by atoms with Crippen molar-refractivity contribution in [2.75, 3.05) is 18.8 Å². The third kappa shape index (κ3) is 5.23. The van der Waals surface area contributed by atoms with Crippen molar-refractivity contribution in [1.29, 1.82) is 0 Å². The summed E-state index contributed by atoms with van der Waals surface area (Å²) in [7, 11) is -3.26. The van der Waals surface area contributed by atoms with Gasteiger partial charge in [0.1, 0.15) is 5.69 Å². The molecule has 25 heavy (non-hydrogen) atoms. The van der Waals surface area contributed by atoms with E-state index in [9.17, 15) is 18.0 Å². The number of nitrogens with zero attached hydrogens (tertiary/aromatic N) is 2. The number of hydrogen-bond donors (Lipinski definition) is 2. The average Bonchev–Trinajstić information content (AvgIpc) is 2.54. The Balaban J connectivity index is 1.93. The van der Waals surface area contributed by atoms with Crippen molar-refractivity contribution < 1.29 is 23.1 Å². The van der Waals surface area contributed by atoms with E-state index in [0.717, 1.165) is 0 Å². The van der Waals surface area contributed by atoms with Gasteiger partial charge in [0, 0.05) is 25.3 Å². The molecule has 1 aliphatic heterocycles. The quantitative estimate of drug-likeness (QED) is 0.771. The van der Waals surface area contributed by atoms with E-state index in [1.165, 1.54) is 22.6 Å². The average molecular weight is 369 g/mol. The lowest BCUT2D eigenvalue weighted by Gasteiger charge is -2.32. The van der Waals surface area contributed by atoms with Crippen molar-refractivity contribution in [2.45, 2.75) is 32.7 Å². The second-order valence-electron chi connectivity index (χ2n) is 6.55. The number of pyridine rings is 1. The van der Waals surface area contributed by atoms with Gasteiger partial charge in [0.15, 0.2) is 0 Å². The zero-order valence-corrected chi connectivity index (χ0v) is 15.1. The number of hydrogen-bond acceptors (Lipinski definition) is 5. The number of aromatic nitrogens is 1. The van der Waals surface area contributed by atoms with Crippen molar-refractivity contribution in [1.82, 2.24) is 14.6 Å². The number of nitrogens with one attached hydrogen (secondary N) is 1. The minimum Gasteiger partial charge on any atom is -0.478 e. The van der Waals surface area contributed by atoms with E-state index in [2.05, 4.69) is 10.3 Å². The van der Waals surface area contributed by atoms with Gasteiger partial charge in [0.05, 0.1) is 11.3 Å². The Labute approximate surface area is 147 Å². The summed E-state index contributed by atoms with van der Waals surface area (Å²) in [5, 5.41) is 11.8. The number of carbonyl (C=O) groups excluding carboxylic acids is 1. The number of carbonyl (C=O) groups is 2. The molecule has 0 bridgehead atoms. The van der Waals surface area contributed by atoms with Crippen molar-refractivity contribution in [3.8, 4) is 0 Å². The van der Waals surface area contributed by atoms with Gasteiger partial charge < -0.3 is 10.4 Å². The van der Waals surface area contributed by atoms with Crippen molar-refractivity contribution >= 4 is 21.9 Å². The first-order chi connectivity index (χ1) is 11.7. The topological polar surface area (TPSA) is 117 Å². The summed E-state index contributed by atoms with van der Waals surface area (Å²) >= 11 is 0. The maximum atomic E-state index is 12.2. The van der Waals surface area contributed by atoms with Gasteiger partial charge in [-0.1, -0.05) is 13.8 Å². The monoisotopic (exact) mass is 369 g/mol. The van der Waals surface area contributed by atoms with Crippen LogP contribution in [-0.2, 0) is 10.0 Å². The fourth-order valence-corrected chi connectivity index (χ4v) is 4.57. The van der Waals surface area contributed by atoms with Crippen LogP contribution in [0, 0.1) is 5.92 Å². The lowest BCUT2D eigenvalue weighted by Crippen LogP contribution is -2.47. The molecule has 1 amide bonds. The molecule has 1 fully saturated rings. The van der Waals surface area contributed by atoms with E-state index in [1.807, 2.05) is 13.8 Å². The van der Waals surface area contributed by atoms with E-state index in [0.29, 0.717) is 25.9 Å². The normalized spacial score (nSPS) is 16.8. The molecule has 1 aromatic rings. The molecular weight excluding hydrogens is 346 g/mol. The Morgan fingerprint density at radius 3 is 2.56 bits per heavy atom. The summed E-state index contributed by atoms with van der Waals surface area (Å²) in [5.41, 5.74) is 0.0320. The van der Waals surface area contributed by atoms with Crippen LogP contribution < -0.4 is 5.32 Å². The highest BCUT2D eigenvalue weighted by Crippen LogP contribution is 2.16. The van der Waals surface area contributed by atoms with Crippen molar-refractivity contribution in [3.05, 3.63) is 29.6 Å². The molecule has 0 unspecified atom stereocenters. The second kappa shape index (κ2) is 7.92. The molecule has 0 radical (unpaired) electrons. The fourth-order valence-electron chi connectivity index (χ4n) is 2.75. The Kier molecular flexibility index (Phi) is 6.12. The van der Waals surface area contributed by atoms with Crippen LogP contribution in [0.3, 0.4) is 0 Å². The lowest BCUT2D eigenvalue weighted by molar-refractivity contribution is 0.0696. The predicted molar refractivity (Wildman–Crippen MR) is 91.9 cm³/mol. The first-order valence-corrected chi connectivity index (χ1v) is 9.78. The molecule has 2 N–H and O–H groups in total. The van der Waals surface area contributed by atoms with Gasteiger partial charge in [0.25, 0.3) is 5.91 Å². The van der Waals surface area contributed by atoms with Crippen molar-refractivity contribution in [2.24, 2.45) is 5.92 Å². The molecule has 1 aromatic heterocycles. The SMILES string of the molecule is CC(C)CS(=O)(=O)N1CCC(NC(=O)c2cc(C(=O)O)ccn2)CC1. The number of sulfonamides is 1. The second-order valence-corrected chi connectivity index (χ2v) is 8.57. The van der Waals surface area contributed by atoms with Crippen LogP contribution in [-0.4, -0.2) is 59.6 Å². The van der Waals surface area contributed by atoms with Gasteiger partial charge in [-0.2, -0.15) is 0 Å². The highest BCUT2D eigenvalue weighted by molar-refractivity contribution is 7.89. The molecule has 0 atom stereocenters. The number of carboxylic acid groups (broad SMARTS) is 1. The molecule has 2 heterocycles. The van der Waals surface area contributed by atoms with Gasteiger partial charge in [-0.25, -0.2) is 17.5 Å². The summed E-state index contributed by atoms with van der Waals surface area (Å²) in [6, 6.07) is 2.38. The Morgan fingerprint density at radius 2 is 2.00 bits per heavy atom. The molecule has 138 valence electrons. The van der Waals surface area contributed by atoms with Gasteiger partial charge in [0.2, 0.25) is 10.0 Å². The van der Waals surface area contributed by atoms with Crippen LogP contribution in [0.1, 0.15) is 47.5 Å². The minimum atomic E-state index is -3.26. The number of piperidine rings is 1. The van der Waals surface area contributed by atoms with Crippen molar-refractivity contribution in [3.63, 3.8) is 0 Å². The molecule has 0 aliphatic carbocycles. The lowest BCUT2D eigenvalue weighted by atomic mass is 10.1. The molecule has 1 saturated heterocycles.